The highest BCUT2D eigenvalue weighted by molar-refractivity contribution is 5.76. The van der Waals surface area contributed by atoms with E-state index < -0.39 is 12.1 Å². The summed E-state index contributed by atoms with van der Waals surface area (Å²) < 4.78 is 5.44. The van der Waals surface area contributed by atoms with Gasteiger partial charge in [-0.3, -0.25) is 9.59 Å². The zero-order chi connectivity index (χ0) is 40.1. The topological polar surface area (TPSA) is 95.9 Å². The minimum atomic E-state index is -0.674. The second-order valence-electron chi connectivity index (χ2n) is 16.4. The minimum Gasteiger partial charge on any atom is -0.466 e. The Morgan fingerprint density at radius 3 is 1.45 bits per heavy atom. The molecule has 0 heterocycles. The zero-order valence-electron chi connectivity index (χ0n) is 36.7. The van der Waals surface area contributed by atoms with Crippen LogP contribution >= 0.6 is 0 Å². The fraction of sp³-hybridized carbons (Fsp3) is 0.878. The lowest BCUT2D eigenvalue weighted by Crippen LogP contribution is -2.45. The number of allylic oxidation sites excluding steroid dienone is 4. The van der Waals surface area contributed by atoms with Gasteiger partial charge < -0.3 is 20.3 Å². The minimum absolute atomic E-state index is 0.0249. The summed E-state index contributed by atoms with van der Waals surface area (Å²) in [6.45, 7) is 4.84. The van der Waals surface area contributed by atoms with Gasteiger partial charge in [0, 0.05) is 12.8 Å². The van der Waals surface area contributed by atoms with E-state index in [4.69, 9.17) is 4.74 Å². The molecule has 0 aromatic carbocycles. The molecule has 6 heteroatoms. The number of esters is 1. The first kappa shape index (κ1) is 53.3. The Kier molecular flexibility index (Phi) is 43.7. The first-order valence-electron chi connectivity index (χ1n) is 24.1. The van der Waals surface area contributed by atoms with E-state index in [-0.39, 0.29) is 18.5 Å². The predicted molar refractivity (Wildman–Crippen MR) is 236 cm³/mol. The van der Waals surface area contributed by atoms with Gasteiger partial charge in [-0.1, -0.05) is 212 Å². The van der Waals surface area contributed by atoms with Crippen molar-refractivity contribution >= 4 is 11.9 Å². The number of hydrogen-bond donors (Lipinski definition) is 3. The number of aliphatic hydroxyl groups excluding tert-OH is 2. The molecule has 0 aliphatic carbocycles. The van der Waals surface area contributed by atoms with Crippen LogP contribution in [0.3, 0.4) is 0 Å². The number of unbranched alkanes of at least 4 members (excludes halogenated alkanes) is 29. The van der Waals surface area contributed by atoms with Gasteiger partial charge in [-0.05, 0) is 51.4 Å². The molecule has 0 aliphatic rings. The first-order chi connectivity index (χ1) is 27.0. The Balaban J connectivity index is 3.48. The van der Waals surface area contributed by atoms with E-state index in [1.54, 1.807) is 0 Å². The summed E-state index contributed by atoms with van der Waals surface area (Å²) in [4.78, 5) is 24.4. The van der Waals surface area contributed by atoms with E-state index >= 15 is 0 Å². The molecule has 0 aromatic rings. The van der Waals surface area contributed by atoms with Crippen LogP contribution in [0.25, 0.3) is 0 Å². The molecule has 0 bridgehead atoms. The van der Waals surface area contributed by atoms with Crippen LogP contribution in [-0.4, -0.2) is 47.4 Å². The number of aliphatic hydroxyl groups is 2. The summed E-state index contributed by atoms with van der Waals surface area (Å²) in [5.41, 5.74) is 0. The second-order valence-corrected chi connectivity index (χ2v) is 16.4. The van der Waals surface area contributed by atoms with Crippen LogP contribution in [0, 0.1) is 0 Å². The molecule has 324 valence electrons. The van der Waals surface area contributed by atoms with Crippen molar-refractivity contribution in [3.8, 4) is 0 Å². The molecule has 6 nitrogen and oxygen atoms in total. The number of hydrogen-bond acceptors (Lipinski definition) is 5. The Hall–Kier alpha value is -1.66. The largest absolute Gasteiger partial charge is 0.466 e. The Labute approximate surface area is 341 Å². The number of rotatable bonds is 44. The molecule has 0 saturated carbocycles. The average molecular weight is 776 g/mol. The van der Waals surface area contributed by atoms with Gasteiger partial charge in [0.05, 0.1) is 25.4 Å². The smallest absolute Gasteiger partial charge is 0.305 e. The van der Waals surface area contributed by atoms with Crippen LogP contribution < -0.4 is 5.32 Å². The fourth-order valence-corrected chi connectivity index (χ4v) is 7.26. The molecule has 1 amide bonds. The fourth-order valence-electron chi connectivity index (χ4n) is 7.26. The lowest BCUT2D eigenvalue weighted by molar-refractivity contribution is -0.143. The van der Waals surface area contributed by atoms with Gasteiger partial charge >= 0.3 is 5.97 Å². The van der Waals surface area contributed by atoms with Crippen LogP contribution in [0.1, 0.15) is 251 Å². The molecule has 2 atom stereocenters. The van der Waals surface area contributed by atoms with Gasteiger partial charge in [-0.25, -0.2) is 0 Å². The molecule has 55 heavy (non-hydrogen) atoms. The van der Waals surface area contributed by atoms with Gasteiger partial charge in [-0.15, -0.1) is 0 Å². The second kappa shape index (κ2) is 45.0. The highest BCUT2D eigenvalue weighted by atomic mass is 16.5. The third kappa shape index (κ3) is 41.8. The van der Waals surface area contributed by atoms with Gasteiger partial charge in [0.1, 0.15) is 0 Å². The molecule has 0 fully saturated rings. The summed E-state index contributed by atoms with van der Waals surface area (Å²) in [6.07, 6.45) is 51.3. The lowest BCUT2D eigenvalue weighted by Gasteiger charge is -2.22. The van der Waals surface area contributed by atoms with Gasteiger partial charge in [0.2, 0.25) is 5.91 Å². The monoisotopic (exact) mass is 776 g/mol. The van der Waals surface area contributed by atoms with Crippen molar-refractivity contribution in [2.75, 3.05) is 13.2 Å². The molecule has 0 rings (SSSR count). The van der Waals surface area contributed by atoms with E-state index in [1.807, 2.05) is 0 Å². The maximum atomic E-state index is 12.4. The quantitative estimate of drug-likeness (QED) is 0.0325. The molecule has 0 saturated heterocycles. The van der Waals surface area contributed by atoms with E-state index in [2.05, 4.69) is 43.5 Å². The number of carbonyl (C=O) groups excluding carboxylic acids is 2. The molecular weight excluding hydrogens is 683 g/mol. The van der Waals surface area contributed by atoms with Gasteiger partial charge in [-0.2, -0.15) is 0 Å². The van der Waals surface area contributed by atoms with E-state index in [9.17, 15) is 19.8 Å². The average Bonchev–Trinajstić information content (AvgIpc) is 3.18. The highest BCUT2D eigenvalue weighted by Gasteiger charge is 2.20. The van der Waals surface area contributed by atoms with E-state index in [1.165, 1.54) is 148 Å². The van der Waals surface area contributed by atoms with Crippen LogP contribution in [0.5, 0.6) is 0 Å². The van der Waals surface area contributed by atoms with Crippen LogP contribution in [0.2, 0.25) is 0 Å². The molecule has 2 unspecified atom stereocenters. The number of nitrogens with one attached hydrogen (secondary N) is 1. The lowest BCUT2D eigenvalue weighted by atomic mass is 10.0. The van der Waals surface area contributed by atoms with Crippen molar-refractivity contribution in [1.82, 2.24) is 5.32 Å². The van der Waals surface area contributed by atoms with Gasteiger partial charge in [0.25, 0.3) is 0 Å². The van der Waals surface area contributed by atoms with Crippen molar-refractivity contribution in [2.45, 2.75) is 264 Å². The van der Waals surface area contributed by atoms with Crippen molar-refractivity contribution in [1.29, 1.82) is 0 Å². The van der Waals surface area contributed by atoms with Crippen molar-refractivity contribution in [3.05, 3.63) is 24.3 Å². The summed E-state index contributed by atoms with van der Waals surface area (Å²) >= 11 is 0. The number of carbonyl (C=O) groups is 2. The zero-order valence-corrected chi connectivity index (χ0v) is 36.7. The van der Waals surface area contributed by atoms with Gasteiger partial charge in [0.15, 0.2) is 0 Å². The standard InChI is InChI=1S/C49H93NO5/c1-3-5-7-9-11-13-15-17-21-25-29-33-37-41-47(52)46(45-51)50-48(53)42-38-34-30-26-22-19-20-24-28-32-36-40-44-55-49(54)43-39-35-31-27-23-18-16-14-12-10-8-6-4-2/h8,10,14,16,46-47,51-52H,3-7,9,11-13,15,17-45H2,1-2H3,(H,50,53)/b10-8-,16-14-. The molecule has 0 aromatic heterocycles. The van der Waals surface area contributed by atoms with Crippen molar-refractivity contribution in [3.63, 3.8) is 0 Å². The molecule has 0 radical (unpaired) electrons. The van der Waals surface area contributed by atoms with Crippen molar-refractivity contribution in [2.24, 2.45) is 0 Å². The molecule has 0 spiro atoms. The maximum absolute atomic E-state index is 12.4. The Bertz CT molecular complexity index is 858. The molecule has 3 N–H and O–H groups in total. The summed E-state index contributed by atoms with van der Waals surface area (Å²) in [6, 6.07) is -0.552. The predicted octanol–water partition coefficient (Wildman–Crippen LogP) is 14.0. The third-order valence-corrected chi connectivity index (χ3v) is 11.0. The first-order valence-corrected chi connectivity index (χ1v) is 24.1. The van der Waals surface area contributed by atoms with E-state index in [0.717, 1.165) is 70.6 Å². The normalized spacial score (nSPS) is 12.9. The third-order valence-electron chi connectivity index (χ3n) is 11.0. The Morgan fingerprint density at radius 2 is 0.945 bits per heavy atom. The van der Waals surface area contributed by atoms with E-state index in [0.29, 0.717) is 25.9 Å². The number of ether oxygens (including phenoxy) is 1. The summed E-state index contributed by atoms with van der Waals surface area (Å²) in [5, 5.41) is 23.2. The molecular formula is C49H93NO5. The summed E-state index contributed by atoms with van der Waals surface area (Å²) in [5.74, 6) is -0.0771. The SMILES string of the molecule is CCC/C=C\C/C=C\CCCCCCCC(=O)OCCCCCCCCCCCCCCC(=O)NC(CO)C(O)CCCCCCCCCCCCCCC. The van der Waals surface area contributed by atoms with Crippen LogP contribution in [0.15, 0.2) is 24.3 Å². The number of amides is 1. The maximum Gasteiger partial charge on any atom is 0.305 e. The highest BCUT2D eigenvalue weighted by Crippen LogP contribution is 2.16. The van der Waals surface area contributed by atoms with Crippen molar-refractivity contribution < 1.29 is 24.5 Å². The van der Waals surface area contributed by atoms with Crippen LogP contribution in [0.4, 0.5) is 0 Å². The Morgan fingerprint density at radius 1 is 0.509 bits per heavy atom. The summed E-state index contributed by atoms with van der Waals surface area (Å²) in [7, 11) is 0. The molecule has 0 aliphatic heterocycles. The van der Waals surface area contributed by atoms with Crippen LogP contribution in [-0.2, 0) is 14.3 Å².